The Hall–Kier alpha value is -3.54. The second-order valence-corrected chi connectivity index (χ2v) is 9.11. The van der Waals surface area contributed by atoms with Crippen molar-refractivity contribution in [1.82, 2.24) is 34.7 Å². The van der Waals surface area contributed by atoms with Crippen LogP contribution in [-0.2, 0) is 7.05 Å². The number of rotatable bonds is 7. The fourth-order valence-electron chi connectivity index (χ4n) is 5.09. The lowest BCUT2D eigenvalue weighted by Gasteiger charge is -2.44. The molecule has 12 heteroatoms. The van der Waals surface area contributed by atoms with Crippen LogP contribution in [0, 0.1) is 11.7 Å². The number of ether oxygens (including phenoxy) is 1. The Morgan fingerprint density at radius 3 is 2.80 bits per heavy atom. The largest absolute Gasteiger partial charge is 0.497 e. The monoisotopic (exact) mass is 483 g/mol. The smallest absolute Gasteiger partial charge is 0.368 e. The van der Waals surface area contributed by atoms with Gasteiger partial charge in [-0.2, -0.15) is 14.3 Å². The molecule has 4 heterocycles. The van der Waals surface area contributed by atoms with Crippen LogP contribution in [0.4, 0.5) is 21.8 Å². The molecule has 186 valence electrons. The highest BCUT2D eigenvalue weighted by atomic mass is 19.1. The summed E-state index contributed by atoms with van der Waals surface area (Å²) in [6.45, 7) is 3.01. The molecule has 35 heavy (non-hydrogen) atoms. The maximum absolute atomic E-state index is 14.5. The van der Waals surface area contributed by atoms with Crippen molar-refractivity contribution in [3.63, 3.8) is 0 Å². The zero-order chi connectivity index (χ0) is 24.4. The second-order valence-electron chi connectivity index (χ2n) is 9.11. The summed E-state index contributed by atoms with van der Waals surface area (Å²) < 4.78 is 22.2. The summed E-state index contributed by atoms with van der Waals surface area (Å²) in [5, 5.41) is 13.9. The average molecular weight is 484 g/mol. The molecule has 0 spiro atoms. The maximum atomic E-state index is 14.5. The molecule has 2 saturated heterocycles. The first-order valence-electron chi connectivity index (χ1n) is 12.0. The van der Waals surface area contributed by atoms with Crippen molar-refractivity contribution in [3.05, 3.63) is 40.7 Å². The van der Waals surface area contributed by atoms with Gasteiger partial charge in [-0.15, -0.1) is 0 Å². The standard InChI is InChI=1S/C23H30FN9O2/c1-31-23(34)33(30-29-31)17-10-16(11-18(12-17)35-2)27-22-26-14-19(24)21(28-22)25-13-15-6-5-9-32-8-4-3-7-20(15)32/h10-12,14-15,20H,3-9,13H2,1-2H3,(H2,25,26,27,28)/t15-,20+/m0/s1. The van der Waals surface area contributed by atoms with Gasteiger partial charge in [0.2, 0.25) is 5.95 Å². The molecule has 0 saturated carbocycles. The molecule has 0 aliphatic carbocycles. The average Bonchev–Trinajstić information content (AvgIpc) is 3.22. The number of aromatic nitrogens is 6. The van der Waals surface area contributed by atoms with E-state index in [4.69, 9.17) is 4.74 Å². The number of hydrogen-bond donors (Lipinski definition) is 2. The van der Waals surface area contributed by atoms with Crippen LogP contribution >= 0.6 is 0 Å². The van der Waals surface area contributed by atoms with E-state index < -0.39 is 11.5 Å². The second kappa shape index (κ2) is 9.98. The Morgan fingerprint density at radius 2 is 2.00 bits per heavy atom. The molecule has 0 amide bonds. The molecule has 3 aromatic rings. The predicted molar refractivity (Wildman–Crippen MR) is 129 cm³/mol. The van der Waals surface area contributed by atoms with E-state index in [1.165, 1.54) is 52.9 Å². The highest BCUT2D eigenvalue weighted by Gasteiger charge is 2.32. The third-order valence-corrected chi connectivity index (χ3v) is 6.85. The van der Waals surface area contributed by atoms with Gasteiger partial charge in [0.05, 0.1) is 19.0 Å². The normalized spacial score (nSPS) is 20.3. The molecule has 2 aliphatic heterocycles. The van der Waals surface area contributed by atoms with E-state index in [-0.39, 0.29) is 11.8 Å². The van der Waals surface area contributed by atoms with E-state index in [1.54, 1.807) is 18.2 Å². The summed E-state index contributed by atoms with van der Waals surface area (Å²) in [6, 6.07) is 5.65. The number of halogens is 1. The molecule has 11 nitrogen and oxygen atoms in total. The van der Waals surface area contributed by atoms with Crippen LogP contribution in [0.1, 0.15) is 32.1 Å². The van der Waals surface area contributed by atoms with E-state index in [0.29, 0.717) is 35.6 Å². The number of fused-ring (bicyclic) bond motifs is 1. The summed E-state index contributed by atoms with van der Waals surface area (Å²) in [4.78, 5) is 23.3. The fourth-order valence-corrected chi connectivity index (χ4v) is 5.09. The van der Waals surface area contributed by atoms with Gasteiger partial charge in [-0.3, -0.25) is 0 Å². The lowest BCUT2D eigenvalue weighted by Crippen LogP contribution is -2.49. The first kappa shape index (κ1) is 23.2. The highest BCUT2D eigenvalue weighted by molar-refractivity contribution is 5.61. The molecule has 2 N–H and O–H groups in total. The number of hydrogen-bond acceptors (Lipinski definition) is 9. The van der Waals surface area contributed by atoms with Crippen LogP contribution in [0.5, 0.6) is 5.75 Å². The Balaban J connectivity index is 1.33. The van der Waals surface area contributed by atoms with Crippen molar-refractivity contribution < 1.29 is 9.13 Å². The summed E-state index contributed by atoms with van der Waals surface area (Å²) in [5.74, 6) is 0.869. The van der Waals surface area contributed by atoms with Crippen molar-refractivity contribution in [2.75, 3.05) is 37.4 Å². The number of methoxy groups -OCH3 is 1. The van der Waals surface area contributed by atoms with E-state index in [9.17, 15) is 9.18 Å². The van der Waals surface area contributed by atoms with Crippen LogP contribution in [-0.4, -0.2) is 67.4 Å². The van der Waals surface area contributed by atoms with Gasteiger partial charge in [0.25, 0.3) is 0 Å². The van der Waals surface area contributed by atoms with Crippen molar-refractivity contribution in [2.45, 2.75) is 38.1 Å². The van der Waals surface area contributed by atoms with E-state index >= 15 is 0 Å². The van der Waals surface area contributed by atoms with Gasteiger partial charge in [-0.05, 0) is 61.2 Å². The molecule has 5 rings (SSSR count). The van der Waals surface area contributed by atoms with Crippen LogP contribution in [0.2, 0.25) is 0 Å². The van der Waals surface area contributed by atoms with Crippen LogP contribution < -0.4 is 21.1 Å². The summed E-state index contributed by atoms with van der Waals surface area (Å²) in [7, 11) is 3.04. The minimum Gasteiger partial charge on any atom is -0.497 e. The zero-order valence-corrected chi connectivity index (χ0v) is 19.9. The zero-order valence-electron chi connectivity index (χ0n) is 19.9. The van der Waals surface area contributed by atoms with Crippen molar-refractivity contribution in [3.8, 4) is 11.4 Å². The van der Waals surface area contributed by atoms with Crippen molar-refractivity contribution in [2.24, 2.45) is 13.0 Å². The van der Waals surface area contributed by atoms with E-state index in [0.717, 1.165) is 22.0 Å². The van der Waals surface area contributed by atoms with Crippen molar-refractivity contribution in [1.29, 1.82) is 0 Å². The Bertz CT molecular complexity index is 1240. The van der Waals surface area contributed by atoms with E-state index in [2.05, 4.69) is 35.9 Å². The van der Waals surface area contributed by atoms with Gasteiger partial charge in [0.15, 0.2) is 11.6 Å². The Kier molecular flexibility index (Phi) is 6.62. The summed E-state index contributed by atoms with van der Waals surface area (Å²) >= 11 is 0. The van der Waals surface area contributed by atoms with Gasteiger partial charge >= 0.3 is 5.69 Å². The van der Waals surface area contributed by atoms with E-state index in [1.807, 2.05) is 0 Å². The van der Waals surface area contributed by atoms with Gasteiger partial charge in [0, 0.05) is 37.5 Å². The topological polar surface area (TPSA) is 115 Å². The molecule has 2 atom stereocenters. The molecule has 1 aromatic carbocycles. The number of tetrazole rings is 1. The highest BCUT2D eigenvalue weighted by Crippen LogP contribution is 2.31. The van der Waals surface area contributed by atoms with Gasteiger partial charge in [0.1, 0.15) is 5.75 Å². The number of nitrogens with one attached hydrogen (secondary N) is 2. The summed E-state index contributed by atoms with van der Waals surface area (Å²) in [5.41, 5.74) is 0.618. The van der Waals surface area contributed by atoms with Gasteiger partial charge < -0.3 is 20.3 Å². The molecule has 2 aliphatic rings. The summed E-state index contributed by atoms with van der Waals surface area (Å²) in [6.07, 6.45) is 7.20. The number of anilines is 3. The first-order valence-corrected chi connectivity index (χ1v) is 12.0. The number of nitrogens with zero attached hydrogens (tertiary/aromatic N) is 7. The molecule has 0 unspecified atom stereocenters. The molecule has 2 aromatic heterocycles. The lowest BCUT2D eigenvalue weighted by molar-refractivity contribution is 0.0648. The number of benzene rings is 1. The van der Waals surface area contributed by atoms with Crippen molar-refractivity contribution >= 4 is 17.5 Å². The minimum absolute atomic E-state index is 0.170. The number of aryl methyl sites for hydroxylation is 1. The fraction of sp³-hybridized carbons (Fsp3) is 0.522. The lowest BCUT2D eigenvalue weighted by atomic mass is 9.83. The molecule has 0 bridgehead atoms. The third kappa shape index (κ3) is 4.97. The molecular formula is C23H30FN9O2. The third-order valence-electron chi connectivity index (χ3n) is 6.85. The SMILES string of the molecule is COc1cc(Nc2ncc(F)c(NC[C@@H]3CCCN4CCCC[C@H]34)n2)cc(-n2nnn(C)c2=O)c1. The number of piperidine rings is 2. The quantitative estimate of drug-likeness (QED) is 0.522. The molecular weight excluding hydrogens is 453 g/mol. The van der Waals surface area contributed by atoms with Gasteiger partial charge in [-0.1, -0.05) is 6.42 Å². The molecule has 2 fully saturated rings. The minimum atomic E-state index is -0.496. The van der Waals surface area contributed by atoms with Crippen LogP contribution in [0.15, 0.2) is 29.2 Å². The predicted octanol–water partition coefficient (Wildman–Crippen LogP) is 2.32. The maximum Gasteiger partial charge on any atom is 0.368 e. The van der Waals surface area contributed by atoms with Gasteiger partial charge in [-0.25, -0.2) is 14.2 Å². The first-order chi connectivity index (χ1) is 17.0. The Morgan fingerprint density at radius 1 is 1.14 bits per heavy atom. The Labute approximate surface area is 202 Å². The van der Waals surface area contributed by atoms with Crippen LogP contribution in [0.3, 0.4) is 0 Å². The van der Waals surface area contributed by atoms with Crippen LogP contribution in [0.25, 0.3) is 5.69 Å². The molecule has 0 radical (unpaired) electrons.